The molecule has 2 N–H and O–H groups in total. The molecule has 0 atom stereocenters. The molecule has 0 radical (unpaired) electrons. The lowest BCUT2D eigenvalue weighted by atomic mass is 10.2. The number of nitrogens with two attached hydrogens (primary N) is 1. The number of ether oxygens (including phenoxy) is 2. The van der Waals surface area contributed by atoms with E-state index in [1.54, 1.807) is 0 Å². The van der Waals surface area contributed by atoms with Crippen LogP contribution in [0.1, 0.15) is 5.56 Å². The fourth-order valence-corrected chi connectivity index (χ4v) is 2.06. The lowest BCUT2D eigenvalue weighted by Crippen LogP contribution is -1.88. The first-order valence-corrected chi connectivity index (χ1v) is 7.07. The van der Waals surface area contributed by atoms with Crippen molar-refractivity contribution in [2.24, 2.45) is 0 Å². The molecule has 22 heavy (non-hydrogen) atoms. The molecule has 110 valence electrons. The molecule has 0 unspecified atom stereocenters. The fraction of sp³-hybridized carbons (Fsp3) is 0.0526. The van der Waals surface area contributed by atoms with Crippen molar-refractivity contribution in [3.05, 3.63) is 78.4 Å². The summed E-state index contributed by atoms with van der Waals surface area (Å²) in [7, 11) is 0. The topological polar surface area (TPSA) is 44.5 Å². The molecule has 3 heteroatoms. The zero-order valence-corrected chi connectivity index (χ0v) is 12.3. The maximum Gasteiger partial charge on any atom is 0.127 e. The highest BCUT2D eigenvalue weighted by atomic mass is 16.5. The van der Waals surface area contributed by atoms with Crippen LogP contribution in [0.3, 0.4) is 0 Å². The first-order valence-electron chi connectivity index (χ1n) is 7.07. The average Bonchev–Trinajstić information content (AvgIpc) is 2.52. The lowest BCUT2D eigenvalue weighted by Gasteiger charge is -2.09. The minimum absolute atomic E-state index is 0.717. The monoisotopic (exact) mass is 291 g/mol. The number of benzene rings is 3. The predicted molar refractivity (Wildman–Crippen MR) is 88.6 cm³/mol. The molecule has 3 rings (SSSR count). The molecule has 0 aliphatic carbocycles. The second kappa shape index (κ2) is 6.22. The van der Waals surface area contributed by atoms with Gasteiger partial charge in [-0.2, -0.15) is 0 Å². The van der Waals surface area contributed by atoms with Crippen molar-refractivity contribution in [3.63, 3.8) is 0 Å². The van der Waals surface area contributed by atoms with E-state index < -0.39 is 0 Å². The molecular weight excluding hydrogens is 274 g/mol. The maximum atomic E-state index is 5.81. The number of hydrogen-bond acceptors (Lipinski definition) is 3. The Balaban J connectivity index is 1.68. The van der Waals surface area contributed by atoms with Crippen LogP contribution in [0.15, 0.2) is 72.8 Å². The lowest BCUT2D eigenvalue weighted by molar-refractivity contribution is 0.469. The highest BCUT2D eigenvalue weighted by molar-refractivity contribution is 5.44. The molecule has 0 bridgehead atoms. The number of rotatable bonds is 4. The van der Waals surface area contributed by atoms with Crippen LogP contribution in [0.5, 0.6) is 23.0 Å². The maximum absolute atomic E-state index is 5.81. The van der Waals surface area contributed by atoms with Crippen molar-refractivity contribution in [2.75, 3.05) is 5.73 Å². The molecule has 0 saturated heterocycles. The standard InChI is InChI=1S/C19H17NO2/c1-14-3-2-4-19(13-14)22-18-11-9-17(10-12-18)21-16-7-5-15(20)6-8-16/h2-13H,20H2,1H3. The highest BCUT2D eigenvalue weighted by Crippen LogP contribution is 2.27. The van der Waals surface area contributed by atoms with Gasteiger partial charge < -0.3 is 15.2 Å². The highest BCUT2D eigenvalue weighted by Gasteiger charge is 2.00. The van der Waals surface area contributed by atoms with E-state index in [1.807, 2.05) is 79.7 Å². The van der Waals surface area contributed by atoms with Crippen LogP contribution in [0, 0.1) is 6.92 Å². The summed E-state index contributed by atoms with van der Waals surface area (Å²) in [6.45, 7) is 2.04. The van der Waals surface area contributed by atoms with Gasteiger partial charge in [-0.05, 0) is 73.2 Å². The molecule has 0 amide bonds. The molecule has 0 fully saturated rings. The largest absolute Gasteiger partial charge is 0.457 e. The normalized spacial score (nSPS) is 10.2. The van der Waals surface area contributed by atoms with Gasteiger partial charge in [0, 0.05) is 5.69 Å². The Morgan fingerprint density at radius 1 is 0.636 bits per heavy atom. The second-order valence-corrected chi connectivity index (χ2v) is 5.06. The molecule has 3 aromatic carbocycles. The smallest absolute Gasteiger partial charge is 0.127 e. The third-order valence-electron chi connectivity index (χ3n) is 3.16. The molecule has 0 aliphatic heterocycles. The zero-order chi connectivity index (χ0) is 15.4. The van der Waals surface area contributed by atoms with Crippen molar-refractivity contribution in [2.45, 2.75) is 6.92 Å². The summed E-state index contributed by atoms with van der Waals surface area (Å²) in [5.41, 5.74) is 7.54. The minimum atomic E-state index is 0.717. The van der Waals surface area contributed by atoms with Crippen molar-refractivity contribution in [1.29, 1.82) is 0 Å². The number of aryl methyl sites for hydroxylation is 1. The summed E-state index contributed by atoms with van der Waals surface area (Å²) in [6.07, 6.45) is 0. The number of anilines is 1. The van der Waals surface area contributed by atoms with Crippen molar-refractivity contribution < 1.29 is 9.47 Å². The Hall–Kier alpha value is -2.94. The SMILES string of the molecule is Cc1cccc(Oc2ccc(Oc3ccc(N)cc3)cc2)c1. The zero-order valence-electron chi connectivity index (χ0n) is 12.3. The predicted octanol–water partition coefficient (Wildman–Crippen LogP) is 5.16. The van der Waals surface area contributed by atoms with Crippen LogP contribution >= 0.6 is 0 Å². The molecule has 3 nitrogen and oxygen atoms in total. The van der Waals surface area contributed by atoms with E-state index in [0.29, 0.717) is 5.69 Å². The Bertz CT molecular complexity index is 749. The van der Waals surface area contributed by atoms with Gasteiger partial charge in [0.15, 0.2) is 0 Å². The molecule has 0 spiro atoms. The molecular formula is C19H17NO2. The average molecular weight is 291 g/mol. The quantitative estimate of drug-likeness (QED) is 0.675. The van der Waals surface area contributed by atoms with E-state index in [0.717, 1.165) is 23.0 Å². The summed E-state index contributed by atoms with van der Waals surface area (Å²) >= 11 is 0. The third kappa shape index (κ3) is 3.58. The second-order valence-electron chi connectivity index (χ2n) is 5.06. The van der Waals surface area contributed by atoms with Crippen LogP contribution < -0.4 is 15.2 Å². The number of hydrogen-bond donors (Lipinski definition) is 1. The Kier molecular flexibility index (Phi) is 3.97. The molecule has 0 aromatic heterocycles. The van der Waals surface area contributed by atoms with E-state index >= 15 is 0 Å². The number of nitrogen functional groups attached to an aromatic ring is 1. The van der Waals surface area contributed by atoms with Gasteiger partial charge >= 0.3 is 0 Å². The summed E-state index contributed by atoms with van der Waals surface area (Å²) < 4.78 is 11.6. The first kappa shape index (κ1) is 14.0. The fourth-order valence-electron chi connectivity index (χ4n) is 2.06. The molecule has 0 aliphatic rings. The summed E-state index contributed by atoms with van der Waals surface area (Å²) in [5, 5.41) is 0. The minimum Gasteiger partial charge on any atom is -0.457 e. The van der Waals surface area contributed by atoms with Crippen molar-refractivity contribution in [3.8, 4) is 23.0 Å². The Labute approximate surface area is 129 Å². The molecule has 3 aromatic rings. The van der Waals surface area contributed by atoms with Crippen LogP contribution in [0.4, 0.5) is 5.69 Å². The summed E-state index contributed by atoms with van der Waals surface area (Å²) in [5.74, 6) is 3.10. The van der Waals surface area contributed by atoms with Gasteiger partial charge in [-0.15, -0.1) is 0 Å². The van der Waals surface area contributed by atoms with E-state index in [1.165, 1.54) is 5.56 Å². The first-order chi connectivity index (χ1) is 10.7. The van der Waals surface area contributed by atoms with Gasteiger partial charge in [0.2, 0.25) is 0 Å². The Morgan fingerprint density at radius 3 is 1.68 bits per heavy atom. The van der Waals surface area contributed by atoms with Crippen molar-refractivity contribution in [1.82, 2.24) is 0 Å². The van der Waals surface area contributed by atoms with Gasteiger partial charge in [0.05, 0.1) is 0 Å². The molecule has 0 heterocycles. The van der Waals surface area contributed by atoms with Gasteiger partial charge in [-0.25, -0.2) is 0 Å². The van der Waals surface area contributed by atoms with E-state index in [4.69, 9.17) is 15.2 Å². The van der Waals surface area contributed by atoms with Gasteiger partial charge in [0.25, 0.3) is 0 Å². The van der Waals surface area contributed by atoms with Crippen LogP contribution in [-0.4, -0.2) is 0 Å². The van der Waals surface area contributed by atoms with Gasteiger partial charge in [-0.1, -0.05) is 12.1 Å². The Morgan fingerprint density at radius 2 is 1.14 bits per heavy atom. The van der Waals surface area contributed by atoms with Crippen molar-refractivity contribution >= 4 is 5.69 Å². The van der Waals surface area contributed by atoms with Crippen LogP contribution in [-0.2, 0) is 0 Å². The van der Waals surface area contributed by atoms with Crippen LogP contribution in [0.2, 0.25) is 0 Å². The summed E-state index contributed by atoms with van der Waals surface area (Å²) in [6, 6.07) is 22.8. The third-order valence-corrected chi connectivity index (χ3v) is 3.16. The molecule has 0 saturated carbocycles. The summed E-state index contributed by atoms with van der Waals surface area (Å²) in [4.78, 5) is 0. The van der Waals surface area contributed by atoms with Gasteiger partial charge in [0.1, 0.15) is 23.0 Å². The van der Waals surface area contributed by atoms with E-state index in [-0.39, 0.29) is 0 Å². The van der Waals surface area contributed by atoms with E-state index in [9.17, 15) is 0 Å². The van der Waals surface area contributed by atoms with Crippen LogP contribution in [0.25, 0.3) is 0 Å². The van der Waals surface area contributed by atoms with Gasteiger partial charge in [-0.3, -0.25) is 0 Å². The van der Waals surface area contributed by atoms with E-state index in [2.05, 4.69) is 0 Å².